The molecule has 0 bridgehead atoms. The first-order chi connectivity index (χ1) is 14.5. The maximum Gasteiger partial charge on any atom is 0.314 e. The number of nitrogens with one attached hydrogen (secondary N) is 3. The van der Waals surface area contributed by atoms with Crippen molar-refractivity contribution in [2.45, 2.75) is 26.8 Å². The smallest absolute Gasteiger partial charge is 0.314 e. The van der Waals surface area contributed by atoms with Gasteiger partial charge in [0.05, 0.1) is 12.7 Å². The summed E-state index contributed by atoms with van der Waals surface area (Å²) in [5, 5.41) is 10.8. The molecule has 154 valence electrons. The highest BCUT2D eigenvalue weighted by Gasteiger charge is 2.16. The molecule has 0 aliphatic rings. The Morgan fingerprint density at radius 2 is 2.00 bits per heavy atom. The van der Waals surface area contributed by atoms with Crippen molar-refractivity contribution in [3.05, 3.63) is 69.7 Å². The number of carbonyl (C=O) groups is 2. The molecule has 3 heterocycles. The van der Waals surface area contributed by atoms with E-state index in [2.05, 4.69) is 33.7 Å². The molecule has 0 atom stereocenters. The molecule has 4 aromatic rings. The molecule has 1 aromatic carbocycles. The molecule has 2 amide bonds. The van der Waals surface area contributed by atoms with Gasteiger partial charge in [-0.3, -0.25) is 9.59 Å². The van der Waals surface area contributed by atoms with Crippen molar-refractivity contribution in [1.82, 2.24) is 20.1 Å². The van der Waals surface area contributed by atoms with Crippen LogP contribution < -0.4 is 10.6 Å². The number of benzene rings is 1. The summed E-state index contributed by atoms with van der Waals surface area (Å²) in [4.78, 5) is 30.1. The Kier molecular flexibility index (Phi) is 5.67. The van der Waals surface area contributed by atoms with Gasteiger partial charge in [-0.15, -0.1) is 11.3 Å². The summed E-state index contributed by atoms with van der Waals surface area (Å²) in [5.74, 6) is -0.867. The Balaban J connectivity index is 1.32. The van der Waals surface area contributed by atoms with Gasteiger partial charge >= 0.3 is 11.8 Å². The molecule has 0 aliphatic carbocycles. The molecule has 8 heteroatoms. The van der Waals surface area contributed by atoms with E-state index in [-0.39, 0.29) is 0 Å². The third-order valence-electron chi connectivity index (χ3n) is 4.94. The molecule has 0 radical (unpaired) electrons. The van der Waals surface area contributed by atoms with Gasteiger partial charge in [-0.2, -0.15) is 5.10 Å². The van der Waals surface area contributed by atoms with Gasteiger partial charge in [0.1, 0.15) is 5.82 Å². The molecule has 0 aliphatic heterocycles. The fraction of sp³-hybridized carbons (Fsp3) is 0.227. The normalized spacial score (nSPS) is 11.0. The minimum absolute atomic E-state index is 0.376. The lowest BCUT2D eigenvalue weighted by molar-refractivity contribution is -0.136. The van der Waals surface area contributed by atoms with Crippen LogP contribution in [-0.4, -0.2) is 33.1 Å². The average molecular weight is 422 g/mol. The molecule has 7 nitrogen and oxygen atoms in total. The Hall–Kier alpha value is -3.39. The van der Waals surface area contributed by atoms with Crippen molar-refractivity contribution in [2.75, 3.05) is 11.9 Å². The molecule has 0 spiro atoms. The Morgan fingerprint density at radius 1 is 1.13 bits per heavy atom. The van der Waals surface area contributed by atoms with Gasteiger partial charge < -0.3 is 15.6 Å². The second-order valence-electron chi connectivity index (χ2n) is 7.16. The van der Waals surface area contributed by atoms with Crippen LogP contribution in [0, 0.1) is 13.8 Å². The summed E-state index contributed by atoms with van der Waals surface area (Å²) in [6, 6.07) is 11.9. The molecule has 0 saturated heterocycles. The van der Waals surface area contributed by atoms with Crippen LogP contribution in [0.4, 0.5) is 5.82 Å². The number of carbonyl (C=O) groups excluding carboxylic acids is 2. The summed E-state index contributed by atoms with van der Waals surface area (Å²) < 4.78 is 1.67. The third kappa shape index (κ3) is 4.28. The summed E-state index contributed by atoms with van der Waals surface area (Å²) in [5.41, 5.74) is 3.37. The second kappa shape index (κ2) is 8.54. The molecule has 0 saturated carbocycles. The average Bonchev–Trinajstić information content (AvgIpc) is 3.44. The van der Waals surface area contributed by atoms with Crippen molar-refractivity contribution in [1.29, 1.82) is 0 Å². The van der Waals surface area contributed by atoms with E-state index >= 15 is 0 Å². The number of nitrogens with zero attached hydrogens (tertiary/aromatic N) is 2. The number of hydrogen-bond acceptors (Lipinski definition) is 4. The first-order valence-corrected chi connectivity index (χ1v) is 10.5. The number of fused-ring (bicyclic) bond motifs is 1. The highest BCUT2D eigenvalue weighted by molar-refractivity contribution is 7.11. The van der Waals surface area contributed by atoms with Gasteiger partial charge in [-0.1, -0.05) is 12.1 Å². The number of aromatic nitrogens is 3. The van der Waals surface area contributed by atoms with Gasteiger partial charge in [0.15, 0.2) is 0 Å². The van der Waals surface area contributed by atoms with Gasteiger partial charge in [0, 0.05) is 39.5 Å². The summed E-state index contributed by atoms with van der Waals surface area (Å²) in [7, 11) is 0. The fourth-order valence-corrected chi connectivity index (χ4v) is 4.37. The Bertz CT molecular complexity index is 1200. The molecule has 0 fully saturated rings. The van der Waals surface area contributed by atoms with Crippen LogP contribution in [0.2, 0.25) is 0 Å². The highest BCUT2D eigenvalue weighted by Crippen LogP contribution is 2.22. The van der Waals surface area contributed by atoms with Gasteiger partial charge in [-0.25, -0.2) is 4.68 Å². The van der Waals surface area contributed by atoms with Crippen LogP contribution in [-0.2, 0) is 22.6 Å². The SMILES string of the molecule is Cc1ccc(Cn2nccc2NC(=O)C(=O)NCCc2c[nH]c3cccc(C)c23)s1. The molecule has 0 unspecified atom stereocenters. The number of thiophene rings is 1. The van der Waals surface area contributed by atoms with Crippen molar-refractivity contribution >= 4 is 39.9 Å². The van der Waals surface area contributed by atoms with Gasteiger partial charge in [0.25, 0.3) is 0 Å². The zero-order chi connectivity index (χ0) is 21.1. The minimum Gasteiger partial charge on any atom is -0.361 e. The second-order valence-corrected chi connectivity index (χ2v) is 8.53. The highest BCUT2D eigenvalue weighted by atomic mass is 32.1. The standard InChI is InChI=1S/C22H23N5O2S/c1-14-4-3-5-18-20(14)16(12-24-18)8-10-23-21(28)22(29)26-19-9-11-25-27(19)13-17-7-6-15(2)30-17/h3-7,9,11-12,24H,8,10,13H2,1-2H3,(H,23,28)(H,26,29). The van der Waals surface area contributed by atoms with E-state index < -0.39 is 11.8 Å². The van der Waals surface area contributed by atoms with Crippen molar-refractivity contribution in [2.24, 2.45) is 0 Å². The lowest BCUT2D eigenvalue weighted by Crippen LogP contribution is -2.37. The van der Waals surface area contributed by atoms with Crippen molar-refractivity contribution in [3.63, 3.8) is 0 Å². The van der Waals surface area contributed by atoms with E-state index in [9.17, 15) is 9.59 Å². The number of H-pyrrole nitrogens is 1. The number of anilines is 1. The molecular formula is C22H23N5O2S. The Morgan fingerprint density at radius 3 is 2.80 bits per heavy atom. The topological polar surface area (TPSA) is 91.8 Å². The fourth-order valence-electron chi connectivity index (χ4n) is 3.50. The van der Waals surface area contributed by atoms with Crippen LogP contribution in [0.3, 0.4) is 0 Å². The van der Waals surface area contributed by atoms with Crippen LogP contribution in [0.15, 0.2) is 48.8 Å². The maximum atomic E-state index is 12.3. The van der Waals surface area contributed by atoms with E-state index in [1.807, 2.05) is 37.4 Å². The summed E-state index contributed by atoms with van der Waals surface area (Å²) in [6.07, 6.45) is 4.20. The number of aromatic amines is 1. The number of hydrogen-bond donors (Lipinski definition) is 3. The minimum atomic E-state index is -0.700. The van der Waals surface area contributed by atoms with E-state index in [0.29, 0.717) is 25.3 Å². The maximum absolute atomic E-state index is 12.3. The van der Waals surface area contributed by atoms with Crippen LogP contribution >= 0.6 is 11.3 Å². The van der Waals surface area contributed by atoms with Crippen molar-refractivity contribution in [3.8, 4) is 0 Å². The number of amides is 2. The van der Waals surface area contributed by atoms with E-state index in [1.54, 1.807) is 28.3 Å². The predicted molar refractivity (Wildman–Crippen MR) is 119 cm³/mol. The molecular weight excluding hydrogens is 398 g/mol. The van der Waals surface area contributed by atoms with Crippen LogP contribution in [0.25, 0.3) is 10.9 Å². The van der Waals surface area contributed by atoms with Gasteiger partial charge in [0.2, 0.25) is 0 Å². The van der Waals surface area contributed by atoms with E-state index in [1.165, 1.54) is 15.8 Å². The number of rotatable bonds is 6. The van der Waals surface area contributed by atoms with Crippen LogP contribution in [0.1, 0.15) is 20.9 Å². The monoisotopic (exact) mass is 421 g/mol. The summed E-state index contributed by atoms with van der Waals surface area (Å²) >= 11 is 1.68. The lowest BCUT2D eigenvalue weighted by atomic mass is 10.1. The molecule has 3 N–H and O–H groups in total. The lowest BCUT2D eigenvalue weighted by Gasteiger charge is -2.09. The molecule has 30 heavy (non-hydrogen) atoms. The molecule has 3 aromatic heterocycles. The molecule has 4 rings (SSSR count). The van der Waals surface area contributed by atoms with Crippen LogP contribution in [0.5, 0.6) is 0 Å². The largest absolute Gasteiger partial charge is 0.361 e. The first-order valence-electron chi connectivity index (χ1n) is 9.73. The predicted octanol–water partition coefficient (Wildman–Crippen LogP) is 3.39. The third-order valence-corrected chi connectivity index (χ3v) is 5.93. The first kappa shape index (κ1) is 19.9. The zero-order valence-corrected chi connectivity index (χ0v) is 17.7. The number of aryl methyl sites for hydroxylation is 2. The van der Waals surface area contributed by atoms with E-state index in [4.69, 9.17) is 0 Å². The van der Waals surface area contributed by atoms with Gasteiger partial charge in [-0.05, 0) is 49.6 Å². The Labute approximate surface area is 178 Å². The van der Waals surface area contributed by atoms with E-state index in [0.717, 1.165) is 16.0 Å². The zero-order valence-electron chi connectivity index (χ0n) is 16.9. The van der Waals surface area contributed by atoms with Crippen molar-refractivity contribution < 1.29 is 9.59 Å². The quantitative estimate of drug-likeness (QED) is 0.417. The summed E-state index contributed by atoms with van der Waals surface area (Å²) in [6.45, 7) is 5.03.